The molecular weight excluding hydrogens is 386 g/mol. The third kappa shape index (κ3) is 3.58. The Morgan fingerprint density at radius 3 is 2.70 bits per heavy atom. The van der Waals surface area contributed by atoms with Gasteiger partial charge in [-0.25, -0.2) is 0 Å². The fourth-order valence-corrected chi connectivity index (χ4v) is 5.17. The molecule has 8 nitrogen and oxygen atoms in total. The zero-order valence-electron chi connectivity index (χ0n) is 17.0. The van der Waals surface area contributed by atoms with Crippen molar-refractivity contribution in [2.24, 2.45) is 0 Å². The lowest BCUT2D eigenvalue weighted by molar-refractivity contribution is -0.136. The minimum absolute atomic E-state index is 0.143. The number of piperidine rings is 1. The first-order chi connectivity index (χ1) is 14.6. The number of benzene rings is 1. The number of hydrogen-bond acceptors (Lipinski definition) is 6. The fourth-order valence-electron chi connectivity index (χ4n) is 5.17. The topological polar surface area (TPSA) is 88.2 Å². The van der Waals surface area contributed by atoms with Gasteiger partial charge in [0.25, 0.3) is 5.91 Å². The second-order valence-corrected chi connectivity index (χ2v) is 8.52. The van der Waals surface area contributed by atoms with Crippen LogP contribution in [-0.4, -0.2) is 72.0 Å². The van der Waals surface area contributed by atoms with E-state index in [2.05, 4.69) is 10.2 Å². The van der Waals surface area contributed by atoms with E-state index in [1.165, 1.54) is 0 Å². The van der Waals surface area contributed by atoms with Crippen LogP contribution in [0.1, 0.15) is 48.0 Å². The molecule has 1 aromatic rings. The third-order valence-electron chi connectivity index (χ3n) is 6.71. The number of imide groups is 1. The summed E-state index contributed by atoms with van der Waals surface area (Å²) in [5, 5.41) is 2.34. The Hall–Kier alpha value is -2.45. The first-order valence-electron chi connectivity index (χ1n) is 10.9. The van der Waals surface area contributed by atoms with Gasteiger partial charge in [-0.15, -0.1) is 0 Å². The smallest absolute Gasteiger partial charge is 0.255 e. The van der Waals surface area contributed by atoms with Crippen molar-refractivity contribution in [3.05, 3.63) is 29.3 Å². The second kappa shape index (κ2) is 8.00. The minimum atomic E-state index is -0.590. The molecule has 0 radical (unpaired) electrons. The van der Waals surface area contributed by atoms with E-state index < -0.39 is 6.04 Å². The lowest BCUT2D eigenvalue weighted by Crippen LogP contribution is -2.52. The monoisotopic (exact) mass is 413 g/mol. The summed E-state index contributed by atoms with van der Waals surface area (Å²) in [6.45, 7) is 3.82. The van der Waals surface area contributed by atoms with Gasteiger partial charge >= 0.3 is 0 Å². The summed E-state index contributed by atoms with van der Waals surface area (Å²) >= 11 is 0. The Labute approximate surface area is 175 Å². The third-order valence-corrected chi connectivity index (χ3v) is 6.71. The molecule has 5 rings (SSSR count). The molecule has 2 saturated heterocycles. The molecule has 1 saturated carbocycles. The quantitative estimate of drug-likeness (QED) is 0.744. The molecule has 3 amide bonds. The van der Waals surface area contributed by atoms with E-state index in [-0.39, 0.29) is 30.2 Å². The van der Waals surface area contributed by atoms with Crippen molar-refractivity contribution < 1.29 is 23.9 Å². The molecule has 8 heteroatoms. The molecule has 3 aliphatic heterocycles. The van der Waals surface area contributed by atoms with Crippen LogP contribution >= 0.6 is 0 Å². The average molecular weight is 413 g/mol. The van der Waals surface area contributed by atoms with E-state index in [1.807, 2.05) is 12.1 Å². The van der Waals surface area contributed by atoms with E-state index >= 15 is 0 Å². The summed E-state index contributed by atoms with van der Waals surface area (Å²) < 4.78 is 11.9. The first kappa shape index (κ1) is 19.5. The van der Waals surface area contributed by atoms with Gasteiger partial charge in [-0.3, -0.25) is 24.6 Å². The number of morpholine rings is 1. The van der Waals surface area contributed by atoms with Crippen LogP contribution in [0.4, 0.5) is 0 Å². The molecule has 3 heterocycles. The lowest BCUT2D eigenvalue weighted by atomic mass is 10.0. The fraction of sp³-hybridized carbons (Fsp3) is 0.591. The zero-order valence-corrected chi connectivity index (χ0v) is 17.0. The maximum atomic E-state index is 12.8. The van der Waals surface area contributed by atoms with Crippen molar-refractivity contribution in [1.82, 2.24) is 15.1 Å². The minimum Gasteiger partial charge on any atom is -0.489 e. The highest BCUT2D eigenvalue weighted by Crippen LogP contribution is 2.33. The van der Waals surface area contributed by atoms with Gasteiger partial charge in [0.1, 0.15) is 17.9 Å². The van der Waals surface area contributed by atoms with Crippen molar-refractivity contribution in [2.75, 3.05) is 26.3 Å². The van der Waals surface area contributed by atoms with Crippen LogP contribution in [0.25, 0.3) is 0 Å². The molecule has 30 heavy (non-hydrogen) atoms. The Balaban J connectivity index is 1.28. The molecule has 4 aliphatic rings. The van der Waals surface area contributed by atoms with Crippen LogP contribution in [0.2, 0.25) is 0 Å². The highest BCUT2D eigenvalue weighted by molar-refractivity contribution is 6.05. The van der Waals surface area contributed by atoms with Crippen LogP contribution < -0.4 is 10.1 Å². The van der Waals surface area contributed by atoms with E-state index in [9.17, 15) is 14.4 Å². The lowest BCUT2D eigenvalue weighted by Gasteiger charge is -2.35. The maximum Gasteiger partial charge on any atom is 0.255 e. The number of ether oxygens (including phenoxy) is 2. The summed E-state index contributed by atoms with van der Waals surface area (Å²) in [5.41, 5.74) is 1.49. The summed E-state index contributed by atoms with van der Waals surface area (Å²) in [6.07, 6.45) is 4.09. The van der Waals surface area contributed by atoms with Gasteiger partial charge in [0.2, 0.25) is 11.8 Å². The molecule has 0 spiro atoms. The highest BCUT2D eigenvalue weighted by Gasteiger charge is 2.39. The molecular formula is C22H27N3O5. The van der Waals surface area contributed by atoms with Gasteiger partial charge in [-0.05, 0) is 49.4 Å². The molecule has 0 aromatic heterocycles. The summed E-state index contributed by atoms with van der Waals surface area (Å²) in [4.78, 5) is 40.5. The number of nitrogens with one attached hydrogen (secondary N) is 1. The molecule has 1 aliphatic carbocycles. The number of nitrogens with zero attached hydrogens (tertiary/aromatic N) is 2. The van der Waals surface area contributed by atoms with Crippen LogP contribution in [0, 0.1) is 0 Å². The summed E-state index contributed by atoms with van der Waals surface area (Å²) in [7, 11) is 0. The maximum absolute atomic E-state index is 12.8. The van der Waals surface area contributed by atoms with Crippen molar-refractivity contribution in [3.63, 3.8) is 0 Å². The molecule has 1 unspecified atom stereocenters. The normalized spacial score (nSPS) is 29.8. The number of fused-ring (bicyclic) bond motifs is 1. The molecule has 0 bridgehead atoms. The van der Waals surface area contributed by atoms with Crippen LogP contribution in [0.15, 0.2) is 18.2 Å². The van der Waals surface area contributed by atoms with Gasteiger partial charge < -0.3 is 14.4 Å². The zero-order chi connectivity index (χ0) is 20.7. The van der Waals surface area contributed by atoms with Gasteiger partial charge in [0.15, 0.2) is 0 Å². The largest absolute Gasteiger partial charge is 0.489 e. The van der Waals surface area contributed by atoms with E-state index in [4.69, 9.17) is 9.47 Å². The van der Waals surface area contributed by atoms with Crippen molar-refractivity contribution in [3.8, 4) is 5.75 Å². The number of hydrogen-bond donors (Lipinski definition) is 1. The van der Waals surface area contributed by atoms with E-state index in [0.29, 0.717) is 24.6 Å². The number of amides is 3. The summed E-state index contributed by atoms with van der Waals surface area (Å²) in [6, 6.07) is 5.42. The van der Waals surface area contributed by atoms with Crippen molar-refractivity contribution in [1.29, 1.82) is 0 Å². The molecule has 160 valence electrons. The van der Waals surface area contributed by atoms with Gasteiger partial charge in [-0.2, -0.15) is 0 Å². The van der Waals surface area contributed by atoms with Crippen molar-refractivity contribution in [2.45, 2.75) is 56.8 Å². The number of carbonyl (C=O) groups is 3. The molecule has 1 N–H and O–H groups in total. The predicted octanol–water partition coefficient (Wildman–Crippen LogP) is 1.08. The second-order valence-electron chi connectivity index (χ2n) is 8.52. The SMILES string of the molecule is O=C1CCC(N2Cc3cc(O[C@@H]4CCC[C@H]4N4CCOCC4)ccc3C2=O)C(=O)N1. The first-order valence-corrected chi connectivity index (χ1v) is 10.9. The molecule has 3 atom stereocenters. The predicted molar refractivity (Wildman–Crippen MR) is 107 cm³/mol. The Kier molecular flexibility index (Phi) is 5.20. The van der Waals surface area contributed by atoms with E-state index in [0.717, 1.165) is 56.9 Å². The number of rotatable bonds is 4. The van der Waals surface area contributed by atoms with Crippen LogP contribution in [-0.2, 0) is 20.9 Å². The highest BCUT2D eigenvalue weighted by atomic mass is 16.5. The summed E-state index contributed by atoms with van der Waals surface area (Å²) in [5.74, 6) is -0.0411. The Bertz CT molecular complexity index is 866. The molecule has 1 aromatic carbocycles. The molecule has 3 fully saturated rings. The van der Waals surface area contributed by atoms with E-state index in [1.54, 1.807) is 11.0 Å². The van der Waals surface area contributed by atoms with Crippen LogP contribution in [0.3, 0.4) is 0 Å². The van der Waals surface area contributed by atoms with Crippen LogP contribution in [0.5, 0.6) is 5.75 Å². The van der Waals surface area contributed by atoms with Crippen molar-refractivity contribution >= 4 is 17.7 Å². The van der Waals surface area contributed by atoms with Gasteiger partial charge in [-0.1, -0.05) is 0 Å². The number of carbonyl (C=O) groups excluding carboxylic acids is 3. The average Bonchev–Trinajstić information content (AvgIpc) is 3.33. The van der Waals surface area contributed by atoms with Gasteiger partial charge in [0, 0.05) is 37.7 Å². The van der Waals surface area contributed by atoms with Gasteiger partial charge in [0.05, 0.1) is 13.2 Å². The Morgan fingerprint density at radius 1 is 1.07 bits per heavy atom. The standard InChI is InChI=1S/C22H27N3O5/c26-20-7-6-18(21(27)23-20)25-13-14-12-15(4-5-16(14)22(25)28)30-19-3-1-2-17(19)24-8-10-29-11-9-24/h4-5,12,17-19H,1-3,6-11,13H2,(H,23,26,27)/t17-,18?,19-/m1/s1. The Morgan fingerprint density at radius 2 is 1.90 bits per heavy atom.